The molecule has 2 N–H and O–H groups in total. The van der Waals surface area contributed by atoms with E-state index in [1.807, 2.05) is 0 Å². The predicted molar refractivity (Wildman–Crippen MR) is 79.0 cm³/mol. The molecule has 1 fully saturated rings. The summed E-state index contributed by atoms with van der Waals surface area (Å²) in [6, 6.07) is 5.17. The monoisotopic (exact) mass is 354 g/mol. The second-order valence-corrected chi connectivity index (χ2v) is 5.50. The minimum atomic E-state index is -4.50. The lowest BCUT2D eigenvalue weighted by atomic mass is 10.1. The standard InChI is InChI=1S/C14H13F3N6O2/c15-14(16,17)7-23-6-8(5-10(23)24)12(25)20-13-19-11(21-22-13)9-3-1-2-4-18-9/h1-4,8H,5-7H2,(H2,19,20,21,22,25). The highest BCUT2D eigenvalue weighted by Crippen LogP contribution is 2.24. The van der Waals surface area contributed by atoms with E-state index >= 15 is 0 Å². The van der Waals surface area contributed by atoms with E-state index in [9.17, 15) is 22.8 Å². The average molecular weight is 354 g/mol. The molecule has 0 saturated carbocycles. The van der Waals surface area contributed by atoms with Crippen LogP contribution in [0, 0.1) is 5.92 Å². The molecule has 2 aromatic rings. The van der Waals surface area contributed by atoms with Gasteiger partial charge in [0.25, 0.3) is 0 Å². The highest BCUT2D eigenvalue weighted by molar-refractivity contribution is 5.96. The maximum atomic E-state index is 12.4. The van der Waals surface area contributed by atoms with Gasteiger partial charge in [-0.3, -0.25) is 25.0 Å². The van der Waals surface area contributed by atoms with Crippen LogP contribution in [0.4, 0.5) is 19.1 Å². The summed E-state index contributed by atoms with van der Waals surface area (Å²) in [4.78, 5) is 32.5. The zero-order valence-corrected chi connectivity index (χ0v) is 12.7. The smallest absolute Gasteiger partial charge is 0.333 e. The Kier molecular flexibility index (Phi) is 4.38. The van der Waals surface area contributed by atoms with Crippen LogP contribution in [0.3, 0.4) is 0 Å². The number of alkyl halides is 3. The Balaban J connectivity index is 1.62. The molecule has 2 aromatic heterocycles. The maximum Gasteiger partial charge on any atom is 0.406 e. The topological polar surface area (TPSA) is 104 Å². The number of aromatic nitrogens is 4. The van der Waals surface area contributed by atoms with E-state index in [4.69, 9.17) is 0 Å². The molecule has 132 valence electrons. The van der Waals surface area contributed by atoms with Crippen LogP contribution in [-0.2, 0) is 9.59 Å². The number of hydrogen-bond donors (Lipinski definition) is 2. The third kappa shape index (κ3) is 4.11. The average Bonchev–Trinajstić information content (AvgIpc) is 3.14. The zero-order valence-electron chi connectivity index (χ0n) is 12.7. The fourth-order valence-electron chi connectivity index (χ4n) is 2.46. The Morgan fingerprint density at radius 2 is 2.20 bits per heavy atom. The molecule has 3 heterocycles. The Morgan fingerprint density at radius 1 is 1.40 bits per heavy atom. The fourth-order valence-corrected chi connectivity index (χ4v) is 2.46. The summed E-state index contributed by atoms with van der Waals surface area (Å²) in [6.45, 7) is -1.65. The number of carbonyl (C=O) groups is 2. The fraction of sp³-hybridized carbons (Fsp3) is 0.357. The summed E-state index contributed by atoms with van der Waals surface area (Å²) in [7, 11) is 0. The molecule has 1 unspecified atom stereocenters. The van der Waals surface area contributed by atoms with Crippen molar-refractivity contribution in [3.63, 3.8) is 0 Å². The zero-order chi connectivity index (χ0) is 18.0. The molecular weight excluding hydrogens is 341 g/mol. The van der Waals surface area contributed by atoms with Crippen molar-refractivity contribution in [3.05, 3.63) is 24.4 Å². The maximum absolute atomic E-state index is 12.4. The first-order chi connectivity index (χ1) is 11.8. The molecule has 0 aromatic carbocycles. The van der Waals surface area contributed by atoms with Crippen LogP contribution < -0.4 is 5.32 Å². The molecule has 8 nitrogen and oxygen atoms in total. The second-order valence-electron chi connectivity index (χ2n) is 5.50. The third-order valence-electron chi connectivity index (χ3n) is 3.58. The second kappa shape index (κ2) is 6.49. The van der Waals surface area contributed by atoms with Gasteiger partial charge in [0, 0.05) is 19.2 Å². The number of hydrogen-bond acceptors (Lipinski definition) is 5. The molecule has 1 saturated heterocycles. The predicted octanol–water partition coefficient (Wildman–Crippen LogP) is 1.22. The minimum Gasteiger partial charge on any atom is -0.333 e. The van der Waals surface area contributed by atoms with Gasteiger partial charge in [-0.2, -0.15) is 18.2 Å². The molecule has 11 heteroatoms. The van der Waals surface area contributed by atoms with E-state index in [2.05, 4.69) is 25.5 Å². The van der Waals surface area contributed by atoms with Crippen molar-refractivity contribution >= 4 is 17.8 Å². The van der Waals surface area contributed by atoms with E-state index in [0.717, 1.165) is 0 Å². The van der Waals surface area contributed by atoms with Crippen molar-refractivity contribution in [2.24, 2.45) is 5.92 Å². The number of amides is 2. The van der Waals surface area contributed by atoms with Gasteiger partial charge in [0.15, 0.2) is 5.82 Å². The summed E-state index contributed by atoms with van der Waals surface area (Å²) < 4.78 is 37.2. The van der Waals surface area contributed by atoms with Crippen LogP contribution in [0.25, 0.3) is 11.5 Å². The molecule has 3 rings (SSSR count). The summed E-state index contributed by atoms with van der Waals surface area (Å²) in [5, 5.41) is 8.81. The van der Waals surface area contributed by atoms with E-state index in [1.165, 1.54) is 0 Å². The molecule has 0 aliphatic carbocycles. The lowest BCUT2D eigenvalue weighted by Gasteiger charge is -2.18. The normalized spacial score (nSPS) is 17.8. The quantitative estimate of drug-likeness (QED) is 0.859. The van der Waals surface area contributed by atoms with Gasteiger partial charge in [0.1, 0.15) is 12.2 Å². The van der Waals surface area contributed by atoms with Crippen LogP contribution in [0.1, 0.15) is 6.42 Å². The molecule has 1 aliphatic heterocycles. The van der Waals surface area contributed by atoms with Crippen LogP contribution in [0.15, 0.2) is 24.4 Å². The summed E-state index contributed by atoms with van der Waals surface area (Å²) in [5.41, 5.74) is 0.517. The molecule has 1 aliphatic rings. The molecule has 1 atom stereocenters. The van der Waals surface area contributed by atoms with Gasteiger partial charge >= 0.3 is 6.18 Å². The number of nitrogens with zero attached hydrogens (tertiary/aromatic N) is 4. The van der Waals surface area contributed by atoms with Gasteiger partial charge in [-0.05, 0) is 12.1 Å². The van der Waals surface area contributed by atoms with Crippen molar-refractivity contribution < 1.29 is 22.8 Å². The number of likely N-dealkylation sites (tertiary alicyclic amines) is 1. The Hall–Kier alpha value is -2.98. The van der Waals surface area contributed by atoms with Crippen molar-refractivity contribution in [2.45, 2.75) is 12.6 Å². The number of aromatic amines is 1. The van der Waals surface area contributed by atoms with E-state index in [-0.39, 0.29) is 18.9 Å². The summed E-state index contributed by atoms with van der Waals surface area (Å²) >= 11 is 0. The molecule has 0 bridgehead atoms. The van der Waals surface area contributed by atoms with E-state index in [0.29, 0.717) is 16.4 Å². The number of rotatable bonds is 4. The number of anilines is 1. The molecule has 2 amide bonds. The van der Waals surface area contributed by atoms with E-state index < -0.39 is 30.5 Å². The largest absolute Gasteiger partial charge is 0.406 e. The first-order valence-corrected chi connectivity index (χ1v) is 7.31. The van der Waals surface area contributed by atoms with Crippen LogP contribution in [0.2, 0.25) is 0 Å². The Morgan fingerprint density at radius 3 is 2.88 bits per heavy atom. The lowest BCUT2D eigenvalue weighted by molar-refractivity contribution is -0.157. The van der Waals surface area contributed by atoms with Crippen molar-refractivity contribution in [1.29, 1.82) is 0 Å². The highest BCUT2D eigenvalue weighted by atomic mass is 19.4. The SMILES string of the molecule is O=C(Nc1n[nH]c(-c2ccccn2)n1)C1CC(=O)N(CC(F)(F)F)C1. The highest BCUT2D eigenvalue weighted by Gasteiger charge is 2.40. The van der Waals surface area contributed by atoms with Gasteiger partial charge in [-0.15, -0.1) is 5.10 Å². The molecule has 0 radical (unpaired) electrons. The van der Waals surface area contributed by atoms with Gasteiger partial charge in [-0.1, -0.05) is 6.07 Å². The van der Waals surface area contributed by atoms with Gasteiger partial charge < -0.3 is 4.90 Å². The minimum absolute atomic E-state index is 0.0348. The molecular formula is C14H13F3N6O2. The summed E-state index contributed by atoms with van der Waals surface area (Å²) in [6.07, 6.45) is -3.21. The lowest BCUT2D eigenvalue weighted by Crippen LogP contribution is -2.36. The van der Waals surface area contributed by atoms with Crippen molar-refractivity contribution in [1.82, 2.24) is 25.1 Å². The Bertz CT molecular complexity index is 776. The van der Waals surface area contributed by atoms with Gasteiger partial charge in [0.05, 0.1) is 5.92 Å². The van der Waals surface area contributed by atoms with E-state index in [1.54, 1.807) is 24.4 Å². The third-order valence-corrected chi connectivity index (χ3v) is 3.58. The number of nitrogens with one attached hydrogen (secondary N) is 2. The summed E-state index contributed by atoms with van der Waals surface area (Å²) in [5.74, 6) is -1.90. The first-order valence-electron chi connectivity index (χ1n) is 7.31. The van der Waals surface area contributed by atoms with Crippen molar-refractivity contribution in [2.75, 3.05) is 18.4 Å². The number of H-pyrrole nitrogens is 1. The number of pyridine rings is 1. The van der Waals surface area contributed by atoms with Gasteiger partial charge in [0.2, 0.25) is 17.8 Å². The van der Waals surface area contributed by atoms with Crippen molar-refractivity contribution in [3.8, 4) is 11.5 Å². The Labute approximate surface area is 139 Å². The molecule has 25 heavy (non-hydrogen) atoms. The first kappa shape index (κ1) is 16.9. The molecule has 0 spiro atoms. The number of carbonyl (C=O) groups excluding carboxylic acids is 2. The van der Waals surface area contributed by atoms with Crippen LogP contribution in [0.5, 0.6) is 0 Å². The van der Waals surface area contributed by atoms with Gasteiger partial charge in [-0.25, -0.2) is 0 Å². The van der Waals surface area contributed by atoms with Crippen LogP contribution in [-0.4, -0.2) is 56.1 Å². The van der Waals surface area contributed by atoms with Crippen LogP contribution >= 0.6 is 0 Å². The number of halogens is 3.